The van der Waals surface area contributed by atoms with Gasteiger partial charge in [0.1, 0.15) is 5.01 Å². The maximum atomic E-state index is 12.1. The van der Waals surface area contributed by atoms with Gasteiger partial charge in [-0.1, -0.05) is 0 Å². The van der Waals surface area contributed by atoms with Gasteiger partial charge in [0.25, 0.3) is 0 Å². The van der Waals surface area contributed by atoms with E-state index in [0.717, 1.165) is 36.8 Å². The van der Waals surface area contributed by atoms with E-state index >= 15 is 0 Å². The first-order valence-electron chi connectivity index (χ1n) is 6.03. The van der Waals surface area contributed by atoms with Gasteiger partial charge >= 0.3 is 0 Å². The number of amides is 1. The Labute approximate surface area is 116 Å². The molecule has 0 unspecified atom stereocenters. The molecule has 2 rings (SSSR count). The number of rotatable bonds is 4. The molecule has 0 saturated carbocycles. The molecule has 0 aliphatic carbocycles. The number of carbonyl (C=O) groups is 1. The summed E-state index contributed by atoms with van der Waals surface area (Å²) in [6.45, 7) is 1.49. The lowest BCUT2D eigenvalue weighted by Gasteiger charge is -2.31. The molecule has 0 radical (unpaired) electrons. The van der Waals surface area contributed by atoms with Gasteiger partial charge in [0.05, 0.1) is 18.0 Å². The Hall–Kier alpha value is -0.650. The molecule has 1 fully saturated rings. The van der Waals surface area contributed by atoms with E-state index in [1.807, 2.05) is 17.3 Å². The number of aromatic nitrogens is 1. The van der Waals surface area contributed by atoms with Gasteiger partial charge in [0.15, 0.2) is 0 Å². The van der Waals surface area contributed by atoms with Gasteiger partial charge in [0.2, 0.25) is 5.91 Å². The van der Waals surface area contributed by atoms with Gasteiger partial charge in [-0.05, 0) is 12.8 Å². The molecule has 1 saturated heterocycles. The van der Waals surface area contributed by atoms with Gasteiger partial charge in [-0.2, -0.15) is 0 Å². The van der Waals surface area contributed by atoms with Crippen LogP contribution in [0.1, 0.15) is 23.5 Å². The van der Waals surface area contributed by atoms with Crippen LogP contribution in [0.2, 0.25) is 0 Å². The Kier molecular flexibility index (Phi) is 4.97. The summed E-state index contributed by atoms with van der Waals surface area (Å²) in [6.07, 6.45) is 2.22. The van der Waals surface area contributed by atoms with Crippen molar-refractivity contribution in [3.8, 4) is 0 Å². The van der Waals surface area contributed by atoms with Crippen molar-refractivity contribution in [3.63, 3.8) is 0 Å². The fourth-order valence-electron chi connectivity index (χ4n) is 2.02. The average Bonchev–Trinajstić information content (AvgIpc) is 2.86. The largest absolute Gasteiger partial charge is 0.381 e. The fraction of sp³-hybridized carbons (Fsp3) is 0.667. The van der Waals surface area contributed by atoms with E-state index in [1.54, 1.807) is 0 Å². The molecule has 100 valence electrons. The SMILES string of the molecule is CN(C(=O)Cc1nc(CCl)cs1)C1CCOCC1. The van der Waals surface area contributed by atoms with Crippen LogP contribution in [0, 0.1) is 0 Å². The molecule has 1 aliphatic rings. The third kappa shape index (κ3) is 3.43. The van der Waals surface area contributed by atoms with Crippen molar-refractivity contribution in [3.05, 3.63) is 16.1 Å². The number of alkyl halides is 1. The summed E-state index contributed by atoms with van der Waals surface area (Å²) in [7, 11) is 1.87. The highest BCUT2D eigenvalue weighted by atomic mass is 35.5. The normalized spacial score (nSPS) is 16.8. The quantitative estimate of drug-likeness (QED) is 0.797. The number of hydrogen-bond acceptors (Lipinski definition) is 4. The molecule has 1 aromatic rings. The van der Waals surface area contributed by atoms with E-state index in [-0.39, 0.29) is 5.91 Å². The van der Waals surface area contributed by atoms with Crippen molar-refractivity contribution < 1.29 is 9.53 Å². The third-order valence-corrected chi connectivity index (χ3v) is 4.34. The molecular formula is C12H17ClN2O2S. The van der Waals surface area contributed by atoms with Crippen molar-refractivity contribution >= 4 is 28.8 Å². The number of carbonyl (C=O) groups excluding carboxylic acids is 1. The molecule has 1 aliphatic heterocycles. The number of ether oxygens (including phenoxy) is 1. The Morgan fingerprint density at radius 3 is 2.94 bits per heavy atom. The van der Waals surface area contributed by atoms with Gasteiger partial charge in [0, 0.05) is 31.7 Å². The zero-order valence-electron chi connectivity index (χ0n) is 10.4. The smallest absolute Gasteiger partial charge is 0.229 e. The van der Waals surface area contributed by atoms with Crippen molar-refractivity contribution in [1.29, 1.82) is 0 Å². The first-order valence-corrected chi connectivity index (χ1v) is 7.44. The molecule has 0 bridgehead atoms. The topological polar surface area (TPSA) is 42.4 Å². The van der Waals surface area contributed by atoms with Crippen molar-refractivity contribution in [2.24, 2.45) is 0 Å². The molecule has 4 nitrogen and oxygen atoms in total. The number of thiazole rings is 1. The van der Waals surface area contributed by atoms with Gasteiger partial charge < -0.3 is 9.64 Å². The molecule has 1 amide bonds. The van der Waals surface area contributed by atoms with Gasteiger partial charge in [-0.3, -0.25) is 4.79 Å². The van der Waals surface area contributed by atoms with E-state index < -0.39 is 0 Å². The Balaban J connectivity index is 1.90. The Morgan fingerprint density at radius 2 is 2.33 bits per heavy atom. The minimum Gasteiger partial charge on any atom is -0.381 e. The molecule has 18 heavy (non-hydrogen) atoms. The van der Waals surface area contributed by atoms with Crippen LogP contribution in [0.4, 0.5) is 0 Å². The second kappa shape index (κ2) is 6.50. The summed E-state index contributed by atoms with van der Waals surface area (Å²) in [5, 5.41) is 2.75. The molecule has 0 atom stereocenters. The first-order chi connectivity index (χ1) is 8.70. The van der Waals surface area contributed by atoms with E-state index in [2.05, 4.69) is 4.98 Å². The zero-order chi connectivity index (χ0) is 13.0. The Morgan fingerprint density at radius 1 is 1.61 bits per heavy atom. The second-order valence-corrected chi connectivity index (χ2v) is 5.60. The number of hydrogen-bond donors (Lipinski definition) is 0. The molecule has 0 aromatic carbocycles. The van der Waals surface area contributed by atoms with Crippen LogP contribution < -0.4 is 0 Å². The van der Waals surface area contributed by atoms with Crippen molar-refractivity contribution in [2.45, 2.75) is 31.2 Å². The maximum Gasteiger partial charge on any atom is 0.229 e. The van der Waals surface area contributed by atoms with E-state index in [1.165, 1.54) is 11.3 Å². The number of likely N-dealkylation sites (N-methyl/N-ethyl adjacent to an activating group) is 1. The summed E-state index contributed by atoms with van der Waals surface area (Å²) in [5.41, 5.74) is 0.846. The van der Waals surface area contributed by atoms with Crippen molar-refractivity contribution in [2.75, 3.05) is 20.3 Å². The van der Waals surface area contributed by atoms with Crippen LogP contribution in [0.15, 0.2) is 5.38 Å². The summed E-state index contributed by atoms with van der Waals surface area (Å²) in [6, 6.07) is 0.304. The lowest BCUT2D eigenvalue weighted by molar-refractivity contribution is -0.132. The summed E-state index contributed by atoms with van der Waals surface area (Å²) in [5.74, 6) is 0.526. The highest BCUT2D eigenvalue weighted by Gasteiger charge is 2.23. The summed E-state index contributed by atoms with van der Waals surface area (Å²) in [4.78, 5) is 18.3. The predicted molar refractivity (Wildman–Crippen MR) is 72.0 cm³/mol. The summed E-state index contributed by atoms with van der Waals surface area (Å²) >= 11 is 7.19. The predicted octanol–water partition coefficient (Wildman–Crippen LogP) is 2.06. The van der Waals surface area contributed by atoms with E-state index in [4.69, 9.17) is 16.3 Å². The molecule has 6 heteroatoms. The van der Waals surface area contributed by atoms with Crippen LogP contribution in [-0.4, -0.2) is 42.1 Å². The fourth-order valence-corrected chi connectivity index (χ4v) is 3.03. The first kappa shape index (κ1) is 13.8. The van der Waals surface area contributed by atoms with Crippen LogP contribution in [0.3, 0.4) is 0 Å². The minimum absolute atomic E-state index is 0.123. The van der Waals surface area contributed by atoms with Crippen LogP contribution in [0.25, 0.3) is 0 Å². The highest BCUT2D eigenvalue weighted by Crippen LogP contribution is 2.16. The second-order valence-electron chi connectivity index (χ2n) is 4.39. The van der Waals surface area contributed by atoms with Gasteiger partial charge in [-0.25, -0.2) is 4.98 Å². The standard InChI is InChI=1S/C12H17ClN2O2S/c1-15(10-2-4-17-5-3-10)12(16)6-11-14-9(7-13)8-18-11/h8,10H,2-7H2,1H3. The average molecular weight is 289 g/mol. The number of halogens is 1. The molecule has 0 N–H and O–H groups in total. The summed E-state index contributed by atoms with van der Waals surface area (Å²) < 4.78 is 5.30. The van der Waals surface area contributed by atoms with Crippen LogP contribution in [-0.2, 0) is 21.8 Å². The maximum absolute atomic E-state index is 12.1. The van der Waals surface area contributed by atoms with Gasteiger partial charge in [-0.15, -0.1) is 22.9 Å². The third-order valence-electron chi connectivity index (χ3n) is 3.17. The van der Waals surface area contributed by atoms with Crippen LogP contribution >= 0.6 is 22.9 Å². The molecule has 2 heterocycles. The Bertz CT molecular complexity index is 405. The van der Waals surface area contributed by atoms with E-state index in [9.17, 15) is 4.79 Å². The molecular weight excluding hydrogens is 272 g/mol. The van der Waals surface area contributed by atoms with E-state index in [0.29, 0.717) is 18.3 Å². The zero-order valence-corrected chi connectivity index (χ0v) is 12.0. The monoisotopic (exact) mass is 288 g/mol. The molecule has 1 aromatic heterocycles. The minimum atomic E-state index is 0.123. The lowest BCUT2D eigenvalue weighted by Crippen LogP contribution is -2.41. The highest BCUT2D eigenvalue weighted by molar-refractivity contribution is 7.09. The van der Waals surface area contributed by atoms with Crippen LogP contribution in [0.5, 0.6) is 0 Å². The molecule has 0 spiro atoms. The van der Waals surface area contributed by atoms with Crippen molar-refractivity contribution in [1.82, 2.24) is 9.88 Å². The number of nitrogens with zero attached hydrogens (tertiary/aromatic N) is 2. The lowest BCUT2D eigenvalue weighted by atomic mass is 10.1.